The van der Waals surface area contributed by atoms with Crippen molar-refractivity contribution in [3.05, 3.63) is 65.7 Å². The standard InChI is InChI=1S/C20H20O2/c21-17(15-8-2-1-3-9-15)14-20-13-7-6-12-19(20)22-18-11-5-4-10-16(18)20/h1-5,8-11,19H,6-7,12-14H2/t19-,20+/m0/s1. The van der Waals surface area contributed by atoms with E-state index in [0.29, 0.717) is 6.42 Å². The molecule has 2 heteroatoms. The minimum atomic E-state index is -0.123. The molecular weight excluding hydrogens is 272 g/mol. The zero-order valence-electron chi connectivity index (χ0n) is 12.6. The molecule has 0 spiro atoms. The Labute approximate surface area is 131 Å². The number of carbonyl (C=O) groups is 1. The Balaban J connectivity index is 1.72. The van der Waals surface area contributed by atoms with E-state index in [1.54, 1.807) is 0 Å². The number of ketones is 1. The van der Waals surface area contributed by atoms with Gasteiger partial charge < -0.3 is 4.74 Å². The van der Waals surface area contributed by atoms with E-state index in [9.17, 15) is 4.79 Å². The molecule has 2 aromatic rings. The van der Waals surface area contributed by atoms with Gasteiger partial charge in [0.25, 0.3) is 0 Å². The number of ether oxygens (including phenoxy) is 1. The van der Waals surface area contributed by atoms with E-state index < -0.39 is 0 Å². The van der Waals surface area contributed by atoms with Gasteiger partial charge in [-0.2, -0.15) is 0 Å². The summed E-state index contributed by atoms with van der Waals surface area (Å²) in [6.45, 7) is 0. The molecule has 22 heavy (non-hydrogen) atoms. The number of rotatable bonds is 3. The highest BCUT2D eigenvalue weighted by molar-refractivity contribution is 5.97. The molecule has 0 bridgehead atoms. The lowest BCUT2D eigenvalue weighted by atomic mass is 9.65. The van der Waals surface area contributed by atoms with Crippen LogP contribution >= 0.6 is 0 Å². The zero-order valence-corrected chi connectivity index (χ0v) is 12.6. The first-order valence-electron chi connectivity index (χ1n) is 8.14. The molecule has 2 nitrogen and oxygen atoms in total. The summed E-state index contributed by atoms with van der Waals surface area (Å²) < 4.78 is 6.20. The molecule has 2 aromatic carbocycles. The zero-order chi connectivity index (χ0) is 15.0. The lowest BCUT2D eigenvalue weighted by Crippen LogP contribution is -2.42. The first-order chi connectivity index (χ1) is 10.8. The van der Waals surface area contributed by atoms with E-state index in [-0.39, 0.29) is 17.3 Å². The van der Waals surface area contributed by atoms with Crippen molar-refractivity contribution in [1.29, 1.82) is 0 Å². The lowest BCUT2D eigenvalue weighted by molar-refractivity contribution is 0.0736. The normalized spacial score (nSPS) is 25.9. The van der Waals surface area contributed by atoms with Crippen molar-refractivity contribution in [3.8, 4) is 5.75 Å². The van der Waals surface area contributed by atoms with Crippen LogP contribution in [0.2, 0.25) is 0 Å². The van der Waals surface area contributed by atoms with E-state index >= 15 is 0 Å². The third kappa shape index (κ3) is 2.06. The second kappa shape index (κ2) is 5.28. The number of carbonyl (C=O) groups excluding carboxylic acids is 1. The molecule has 0 unspecified atom stereocenters. The fraction of sp³-hybridized carbons (Fsp3) is 0.350. The topological polar surface area (TPSA) is 26.3 Å². The van der Waals surface area contributed by atoms with Crippen LogP contribution in [0.5, 0.6) is 5.75 Å². The van der Waals surface area contributed by atoms with Gasteiger partial charge in [-0.1, -0.05) is 55.0 Å². The molecule has 1 aliphatic heterocycles. The van der Waals surface area contributed by atoms with Crippen molar-refractivity contribution in [2.75, 3.05) is 0 Å². The van der Waals surface area contributed by atoms with Crippen molar-refractivity contribution in [2.24, 2.45) is 0 Å². The Morgan fingerprint density at radius 2 is 1.82 bits per heavy atom. The van der Waals surface area contributed by atoms with E-state index in [1.807, 2.05) is 42.5 Å². The van der Waals surface area contributed by atoms with E-state index in [2.05, 4.69) is 12.1 Å². The average Bonchev–Trinajstić information content (AvgIpc) is 2.90. The highest BCUT2D eigenvalue weighted by Gasteiger charge is 2.50. The van der Waals surface area contributed by atoms with Gasteiger partial charge in [-0.05, 0) is 25.3 Å². The fourth-order valence-electron chi connectivity index (χ4n) is 4.13. The van der Waals surface area contributed by atoms with Gasteiger partial charge in [-0.15, -0.1) is 0 Å². The molecule has 112 valence electrons. The van der Waals surface area contributed by atoms with E-state index in [4.69, 9.17) is 4.74 Å². The van der Waals surface area contributed by atoms with Gasteiger partial charge in [-0.3, -0.25) is 4.79 Å². The quantitative estimate of drug-likeness (QED) is 0.777. The molecule has 0 N–H and O–H groups in total. The first-order valence-corrected chi connectivity index (χ1v) is 8.14. The highest BCUT2D eigenvalue weighted by atomic mass is 16.5. The van der Waals surface area contributed by atoms with Gasteiger partial charge in [0.05, 0.1) is 0 Å². The number of fused-ring (bicyclic) bond motifs is 3. The molecule has 4 rings (SSSR count). The maximum atomic E-state index is 12.8. The molecule has 1 fully saturated rings. The van der Waals surface area contributed by atoms with Crippen LogP contribution in [0, 0.1) is 0 Å². The van der Waals surface area contributed by atoms with Crippen molar-refractivity contribution < 1.29 is 9.53 Å². The molecule has 0 saturated heterocycles. The van der Waals surface area contributed by atoms with Crippen LogP contribution in [-0.4, -0.2) is 11.9 Å². The van der Waals surface area contributed by atoms with Crippen LogP contribution in [0.3, 0.4) is 0 Å². The van der Waals surface area contributed by atoms with Gasteiger partial charge in [0, 0.05) is 23.0 Å². The number of Topliss-reactive ketones (excluding diaryl/α,β-unsaturated/α-hetero) is 1. The van der Waals surface area contributed by atoms with Crippen LogP contribution in [0.4, 0.5) is 0 Å². The Morgan fingerprint density at radius 1 is 1.05 bits per heavy atom. The molecule has 2 aliphatic rings. The van der Waals surface area contributed by atoms with Gasteiger partial charge in [0.1, 0.15) is 11.9 Å². The van der Waals surface area contributed by atoms with Gasteiger partial charge >= 0.3 is 0 Å². The average molecular weight is 292 g/mol. The fourth-order valence-corrected chi connectivity index (χ4v) is 4.13. The summed E-state index contributed by atoms with van der Waals surface area (Å²) in [6.07, 6.45) is 5.19. The van der Waals surface area contributed by atoms with Crippen molar-refractivity contribution in [2.45, 2.75) is 43.6 Å². The number of hydrogen-bond acceptors (Lipinski definition) is 2. The Morgan fingerprint density at radius 3 is 2.68 bits per heavy atom. The molecule has 2 atom stereocenters. The maximum Gasteiger partial charge on any atom is 0.163 e. The number of para-hydroxylation sites is 1. The Hall–Kier alpha value is -2.09. The van der Waals surface area contributed by atoms with Crippen molar-refractivity contribution in [3.63, 3.8) is 0 Å². The monoisotopic (exact) mass is 292 g/mol. The number of benzene rings is 2. The summed E-state index contributed by atoms with van der Waals surface area (Å²) in [4.78, 5) is 12.8. The van der Waals surface area contributed by atoms with Crippen LogP contribution in [0.15, 0.2) is 54.6 Å². The maximum absolute atomic E-state index is 12.8. The summed E-state index contributed by atoms with van der Waals surface area (Å²) in [5.74, 6) is 1.21. The second-order valence-corrected chi connectivity index (χ2v) is 6.47. The molecule has 1 aliphatic carbocycles. The Bertz CT molecular complexity index is 692. The minimum absolute atomic E-state index is 0.123. The van der Waals surface area contributed by atoms with Crippen LogP contribution in [0.25, 0.3) is 0 Å². The molecular formula is C20H20O2. The summed E-state index contributed by atoms with van der Waals surface area (Å²) in [5.41, 5.74) is 1.93. The summed E-state index contributed by atoms with van der Waals surface area (Å²) in [5, 5.41) is 0. The molecule has 0 aromatic heterocycles. The molecule has 1 heterocycles. The van der Waals surface area contributed by atoms with Crippen molar-refractivity contribution in [1.82, 2.24) is 0 Å². The summed E-state index contributed by atoms with van der Waals surface area (Å²) in [7, 11) is 0. The second-order valence-electron chi connectivity index (χ2n) is 6.47. The van der Waals surface area contributed by atoms with Gasteiger partial charge in [-0.25, -0.2) is 0 Å². The van der Waals surface area contributed by atoms with Crippen LogP contribution in [-0.2, 0) is 5.41 Å². The predicted molar refractivity (Wildman–Crippen MR) is 86.4 cm³/mol. The largest absolute Gasteiger partial charge is 0.489 e. The third-order valence-corrected chi connectivity index (χ3v) is 5.22. The summed E-state index contributed by atoms with van der Waals surface area (Å²) >= 11 is 0. The molecule has 0 amide bonds. The number of hydrogen-bond donors (Lipinski definition) is 0. The summed E-state index contributed by atoms with van der Waals surface area (Å²) in [6, 6.07) is 17.9. The SMILES string of the molecule is O=C(C[C@@]12CCCC[C@@H]1Oc1ccccc12)c1ccccc1. The highest BCUT2D eigenvalue weighted by Crippen LogP contribution is 2.52. The van der Waals surface area contributed by atoms with E-state index in [0.717, 1.165) is 24.2 Å². The third-order valence-electron chi connectivity index (χ3n) is 5.22. The predicted octanol–water partition coefficient (Wildman–Crippen LogP) is 4.53. The lowest BCUT2D eigenvalue weighted by Gasteiger charge is -2.37. The van der Waals surface area contributed by atoms with Crippen molar-refractivity contribution >= 4 is 5.78 Å². The molecule has 0 radical (unpaired) electrons. The van der Waals surface area contributed by atoms with Crippen LogP contribution < -0.4 is 4.74 Å². The van der Waals surface area contributed by atoms with Crippen LogP contribution in [0.1, 0.15) is 48.0 Å². The molecule has 1 saturated carbocycles. The minimum Gasteiger partial charge on any atom is -0.489 e. The Kier molecular flexibility index (Phi) is 3.25. The van der Waals surface area contributed by atoms with Gasteiger partial charge in [0.2, 0.25) is 0 Å². The smallest absolute Gasteiger partial charge is 0.163 e. The van der Waals surface area contributed by atoms with E-state index in [1.165, 1.54) is 18.4 Å². The first kappa shape index (κ1) is 13.6. The van der Waals surface area contributed by atoms with Gasteiger partial charge in [0.15, 0.2) is 5.78 Å².